The van der Waals surface area contributed by atoms with Crippen LogP contribution in [0.15, 0.2) is 71.6 Å². The lowest BCUT2D eigenvalue weighted by atomic mass is 9.87. The SMILES string of the molecule is COc1ccc2nc(NC(=O)C(CC3CCCC3)c3ccc(S(=O)(=O)NCCCc4ccccc4)cc3)sc2n1. The first-order valence-corrected chi connectivity index (χ1v) is 16.0. The van der Waals surface area contributed by atoms with Crippen molar-refractivity contribution in [3.63, 3.8) is 0 Å². The van der Waals surface area contributed by atoms with Crippen LogP contribution >= 0.6 is 11.3 Å². The maximum Gasteiger partial charge on any atom is 0.240 e. The van der Waals surface area contributed by atoms with Gasteiger partial charge in [-0.1, -0.05) is 79.5 Å². The van der Waals surface area contributed by atoms with Gasteiger partial charge in [-0.15, -0.1) is 0 Å². The van der Waals surface area contributed by atoms with Crippen LogP contribution in [0, 0.1) is 5.92 Å². The number of carbonyl (C=O) groups excluding carboxylic acids is 1. The van der Waals surface area contributed by atoms with Crippen molar-refractivity contribution in [2.45, 2.75) is 55.8 Å². The van der Waals surface area contributed by atoms with Gasteiger partial charge >= 0.3 is 0 Å². The molecule has 2 aromatic heterocycles. The highest BCUT2D eigenvalue weighted by Gasteiger charge is 2.28. The fourth-order valence-electron chi connectivity index (χ4n) is 5.24. The first kappa shape index (κ1) is 28.2. The molecule has 8 nitrogen and oxygen atoms in total. The molecular weight excluding hydrogens is 544 g/mol. The lowest BCUT2D eigenvalue weighted by molar-refractivity contribution is -0.118. The van der Waals surface area contributed by atoms with Gasteiger partial charge in [0.2, 0.25) is 21.8 Å². The number of carbonyl (C=O) groups is 1. The number of nitrogens with one attached hydrogen (secondary N) is 2. The highest BCUT2D eigenvalue weighted by Crippen LogP contribution is 2.36. The Balaban J connectivity index is 1.27. The number of fused-ring (bicyclic) bond motifs is 1. The van der Waals surface area contributed by atoms with E-state index in [0.29, 0.717) is 46.7 Å². The molecule has 1 amide bonds. The Bertz CT molecular complexity index is 1530. The van der Waals surface area contributed by atoms with E-state index in [0.717, 1.165) is 24.8 Å². The van der Waals surface area contributed by atoms with Crippen molar-refractivity contribution in [3.8, 4) is 5.88 Å². The van der Waals surface area contributed by atoms with Crippen LogP contribution in [-0.2, 0) is 21.2 Å². The van der Waals surface area contributed by atoms with Gasteiger partial charge in [0.1, 0.15) is 10.3 Å². The number of ether oxygens (including phenoxy) is 1. The number of pyridine rings is 1. The normalized spacial score (nSPS) is 14.8. The third kappa shape index (κ3) is 7.04. The van der Waals surface area contributed by atoms with Crippen LogP contribution in [0.2, 0.25) is 0 Å². The van der Waals surface area contributed by atoms with Crippen LogP contribution in [0.5, 0.6) is 5.88 Å². The second-order valence-corrected chi connectivity index (χ2v) is 12.9. The molecule has 0 bridgehead atoms. The van der Waals surface area contributed by atoms with Gasteiger partial charge in [-0.25, -0.2) is 23.1 Å². The fourth-order valence-corrected chi connectivity index (χ4v) is 7.15. The van der Waals surface area contributed by atoms with Crippen molar-refractivity contribution in [1.82, 2.24) is 14.7 Å². The number of sulfonamides is 1. The Morgan fingerprint density at radius 1 is 1.02 bits per heavy atom. The average Bonchev–Trinajstić information content (AvgIpc) is 3.63. The van der Waals surface area contributed by atoms with E-state index < -0.39 is 15.9 Å². The summed E-state index contributed by atoms with van der Waals surface area (Å²) in [6.45, 7) is 0.356. The average molecular weight is 579 g/mol. The number of aromatic nitrogens is 2. The van der Waals surface area contributed by atoms with Crippen molar-refractivity contribution in [2.75, 3.05) is 19.0 Å². The standard InChI is InChI=1S/C30H34N4O4S2/c1-38-27-18-17-26-29(33-27)39-30(32-26)34-28(35)25(20-22-10-5-6-11-22)23-13-15-24(16-14-23)40(36,37)31-19-7-12-21-8-3-2-4-9-21/h2-4,8-9,13-18,22,25,31H,5-7,10-12,19-20H2,1H3,(H,32,34,35). The van der Waals surface area contributed by atoms with Crippen molar-refractivity contribution in [2.24, 2.45) is 5.92 Å². The summed E-state index contributed by atoms with van der Waals surface area (Å²) in [4.78, 5) is 23.4. The first-order chi connectivity index (χ1) is 19.4. The number of thiazole rings is 1. The van der Waals surface area contributed by atoms with E-state index in [2.05, 4.69) is 20.0 Å². The molecule has 2 heterocycles. The summed E-state index contributed by atoms with van der Waals surface area (Å²) >= 11 is 1.30. The third-order valence-electron chi connectivity index (χ3n) is 7.40. The molecule has 4 aromatic rings. The summed E-state index contributed by atoms with van der Waals surface area (Å²) in [5.74, 6) is 0.404. The Morgan fingerprint density at radius 2 is 1.77 bits per heavy atom. The molecule has 40 heavy (non-hydrogen) atoms. The number of methoxy groups -OCH3 is 1. The summed E-state index contributed by atoms with van der Waals surface area (Å²) in [6, 6.07) is 20.3. The molecule has 1 atom stereocenters. The number of hydrogen-bond acceptors (Lipinski definition) is 7. The van der Waals surface area contributed by atoms with Crippen molar-refractivity contribution in [3.05, 3.63) is 77.9 Å². The maximum atomic E-state index is 13.6. The van der Waals surface area contributed by atoms with Gasteiger partial charge in [-0.3, -0.25) is 4.79 Å². The first-order valence-electron chi connectivity index (χ1n) is 13.7. The Labute approximate surface area is 239 Å². The second kappa shape index (κ2) is 12.9. The molecule has 1 fully saturated rings. The molecule has 210 valence electrons. The molecule has 0 spiro atoms. The van der Waals surface area contributed by atoms with Crippen LogP contribution in [0.1, 0.15) is 55.6 Å². The lowest BCUT2D eigenvalue weighted by Gasteiger charge is -2.20. The molecule has 1 saturated carbocycles. The molecule has 10 heteroatoms. The van der Waals surface area contributed by atoms with E-state index in [4.69, 9.17) is 4.74 Å². The number of hydrogen-bond donors (Lipinski definition) is 2. The van der Waals surface area contributed by atoms with Crippen molar-refractivity contribution >= 4 is 42.7 Å². The Morgan fingerprint density at radius 3 is 2.50 bits per heavy atom. The zero-order valence-corrected chi connectivity index (χ0v) is 24.1. The van der Waals surface area contributed by atoms with Crippen molar-refractivity contribution in [1.29, 1.82) is 0 Å². The number of anilines is 1. The highest BCUT2D eigenvalue weighted by molar-refractivity contribution is 7.89. The summed E-state index contributed by atoms with van der Waals surface area (Å²) in [5, 5.41) is 3.47. The minimum Gasteiger partial charge on any atom is -0.481 e. The van der Waals surface area contributed by atoms with E-state index in [1.54, 1.807) is 37.4 Å². The van der Waals surface area contributed by atoms with E-state index in [9.17, 15) is 13.2 Å². The highest BCUT2D eigenvalue weighted by atomic mass is 32.2. The van der Waals surface area contributed by atoms with E-state index in [-0.39, 0.29) is 10.8 Å². The van der Waals surface area contributed by atoms with Gasteiger partial charge in [-0.05, 0) is 54.5 Å². The summed E-state index contributed by atoms with van der Waals surface area (Å²) < 4.78 is 33.7. The molecule has 1 unspecified atom stereocenters. The quantitative estimate of drug-likeness (QED) is 0.202. The Kier molecular flexibility index (Phi) is 9.08. The minimum absolute atomic E-state index is 0.146. The maximum absolute atomic E-state index is 13.6. The zero-order chi connectivity index (χ0) is 28.0. The smallest absolute Gasteiger partial charge is 0.240 e. The molecule has 0 saturated heterocycles. The Hall–Kier alpha value is -3.34. The van der Waals surface area contributed by atoms with E-state index in [1.807, 2.05) is 36.4 Å². The number of aryl methyl sites for hydroxylation is 1. The molecule has 0 aliphatic heterocycles. The van der Waals surface area contributed by atoms with Crippen LogP contribution in [0.3, 0.4) is 0 Å². The fraction of sp³-hybridized carbons (Fsp3) is 0.367. The van der Waals surface area contributed by atoms with Crippen LogP contribution < -0.4 is 14.8 Å². The van der Waals surface area contributed by atoms with Crippen LogP contribution in [0.25, 0.3) is 10.3 Å². The van der Waals surface area contributed by atoms with Gasteiger partial charge in [0.25, 0.3) is 0 Å². The topological polar surface area (TPSA) is 110 Å². The molecule has 1 aliphatic rings. The van der Waals surface area contributed by atoms with E-state index in [1.165, 1.54) is 29.7 Å². The number of nitrogens with zero attached hydrogens (tertiary/aromatic N) is 2. The van der Waals surface area contributed by atoms with Gasteiger partial charge in [0.05, 0.1) is 17.9 Å². The molecule has 1 aliphatic carbocycles. The number of rotatable bonds is 12. The predicted octanol–water partition coefficient (Wildman–Crippen LogP) is 5.91. The lowest BCUT2D eigenvalue weighted by Crippen LogP contribution is -2.25. The van der Waals surface area contributed by atoms with Gasteiger partial charge in [0, 0.05) is 12.6 Å². The monoisotopic (exact) mass is 578 g/mol. The summed E-state index contributed by atoms with van der Waals surface area (Å²) in [6.07, 6.45) is 6.79. The van der Waals surface area contributed by atoms with Gasteiger partial charge < -0.3 is 10.1 Å². The number of benzene rings is 2. The number of amides is 1. The molecule has 2 aromatic carbocycles. The predicted molar refractivity (Wildman–Crippen MR) is 158 cm³/mol. The molecule has 5 rings (SSSR count). The summed E-state index contributed by atoms with van der Waals surface area (Å²) in [5.41, 5.74) is 2.67. The third-order valence-corrected chi connectivity index (χ3v) is 9.76. The van der Waals surface area contributed by atoms with Gasteiger partial charge in [-0.2, -0.15) is 0 Å². The zero-order valence-electron chi connectivity index (χ0n) is 22.5. The molecular formula is C30H34N4O4S2. The van der Waals surface area contributed by atoms with Crippen molar-refractivity contribution < 1.29 is 17.9 Å². The van der Waals surface area contributed by atoms with Crippen LogP contribution in [-0.4, -0.2) is 37.9 Å². The summed E-state index contributed by atoms with van der Waals surface area (Å²) in [7, 11) is -2.09. The minimum atomic E-state index is -3.65. The van der Waals surface area contributed by atoms with Gasteiger partial charge in [0.15, 0.2) is 5.13 Å². The molecule has 0 radical (unpaired) electrons. The largest absolute Gasteiger partial charge is 0.481 e. The van der Waals surface area contributed by atoms with Crippen LogP contribution in [0.4, 0.5) is 5.13 Å². The second-order valence-electron chi connectivity index (χ2n) is 10.2. The molecule has 2 N–H and O–H groups in total. The van der Waals surface area contributed by atoms with E-state index >= 15 is 0 Å².